The van der Waals surface area contributed by atoms with Gasteiger partial charge in [-0.15, -0.1) is 0 Å². The summed E-state index contributed by atoms with van der Waals surface area (Å²) in [6.45, 7) is 2.21. The minimum absolute atomic E-state index is 0.296. The first-order chi connectivity index (χ1) is 17.8. The van der Waals surface area contributed by atoms with Crippen molar-refractivity contribution < 1.29 is 0 Å². The summed E-state index contributed by atoms with van der Waals surface area (Å²) in [6.07, 6.45) is 0. The third-order valence-electron chi connectivity index (χ3n) is 8.45. The Morgan fingerprint density at radius 3 is 1.56 bits per heavy atom. The molecular formula is C36H24. The lowest BCUT2D eigenvalue weighted by Gasteiger charge is -2.30. The fourth-order valence-electron chi connectivity index (χ4n) is 7.05. The van der Waals surface area contributed by atoms with E-state index >= 15 is 0 Å². The molecule has 0 heteroatoms. The summed E-state index contributed by atoms with van der Waals surface area (Å²) in [5, 5.41) is 2.64. The summed E-state index contributed by atoms with van der Waals surface area (Å²) >= 11 is 0. The highest BCUT2D eigenvalue weighted by Gasteiger charge is 2.51. The van der Waals surface area contributed by atoms with E-state index in [1.807, 2.05) is 0 Å². The predicted molar refractivity (Wildman–Crippen MR) is 150 cm³/mol. The van der Waals surface area contributed by atoms with Gasteiger partial charge in [0.2, 0.25) is 0 Å². The number of benzene rings is 6. The van der Waals surface area contributed by atoms with E-state index in [0.29, 0.717) is 0 Å². The van der Waals surface area contributed by atoms with Crippen molar-refractivity contribution in [3.05, 3.63) is 155 Å². The Kier molecular flexibility index (Phi) is 3.89. The first-order valence-corrected chi connectivity index (χ1v) is 12.7. The van der Waals surface area contributed by atoms with Gasteiger partial charge in [0.1, 0.15) is 0 Å². The van der Waals surface area contributed by atoms with Crippen molar-refractivity contribution in [2.24, 2.45) is 0 Å². The lowest BCUT2D eigenvalue weighted by atomic mass is 9.70. The lowest BCUT2D eigenvalue weighted by molar-refractivity contribution is 0.794. The van der Waals surface area contributed by atoms with Crippen LogP contribution in [0.2, 0.25) is 0 Å². The van der Waals surface area contributed by atoms with Gasteiger partial charge in [-0.25, -0.2) is 0 Å². The molecule has 0 saturated carbocycles. The van der Waals surface area contributed by atoms with Crippen molar-refractivity contribution in [1.29, 1.82) is 0 Å². The monoisotopic (exact) mass is 456 g/mol. The molecule has 0 unspecified atom stereocenters. The summed E-state index contributed by atoms with van der Waals surface area (Å²) < 4.78 is 0. The molecule has 1 spiro atoms. The van der Waals surface area contributed by atoms with Gasteiger partial charge < -0.3 is 0 Å². The van der Waals surface area contributed by atoms with Crippen molar-refractivity contribution in [2.45, 2.75) is 12.3 Å². The molecule has 0 bridgehead atoms. The fraction of sp³-hybridized carbons (Fsp3) is 0.0556. The summed E-state index contributed by atoms with van der Waals surface area (Å²) in [5.41, 5.74) is 14.6. The van der Waals surface area contributed by atoms with Gasteiger partial charge >= 0.3 is 0 Å². The molecule has 2 aliphatic carbocycles. The number of fused-ring (bicyclic) bond motifs is 11. The normalized spacial score (nSPS) is 13.9. The molecule has 168 valence electrons. The van der Waals surface area contributed by atoms with Gasteiger partial charge in [-0.05, 0) is 78.9 Å². The van der Waals surface area contributed by atoms with E-state index in [1.165, 1.54) is 72.0 Å². The molecule has 36 heavy (non-hydrogen) atoms. The third kappa shape index (κ3) is 2.30. The molecular weight excluding hydrogens is 432 g/mol. The topological polar surface area (TPSA) is 0 Å². The molecule has 0 saturated heterocycles. The molecule has 0 radical (unpaired) electrons. The Labute approximate surface area is 211 Å². The number of rotatable bonds is 1. The molecule has 6 aromatic rings. The highest BCUT2D eigenvalue weighted by Crippen LogP contribution is 2.64. The highest BCUT2D eigenvalue weighted by atomic mass is 14.5. The SMILES string of the molecule is Cc1ccc(-c2cccc3c2-c2ccccc2C32c3ccccc3-c3ccccc32)c2ccccc12. The van der Waals surface area contributed by atoms with Crippen LogP contribution >= 0.6 is 0 Å². The minimum Gasteiger partial charge on any atom is -0.0619 e. The van der Waals surface area contributed by atoms with Crippen LogP contribution in [0, 0.1) is 6.92 Å². The van der Waals surface area contributed by atoms with E-state index in [0.717, 1.165) is 0 Å². The maximum Gasteiger partial charge on any atom is 0.0725 e. The van der Waals surface area contributed by atoms with Crippen molar-refractivity contribution in [3.63, 3.8) is 0 Å². The maximum absolute atomic E-state index is 2.37. The zero-order valence-electron chi connectivity index (χ0n) is 20.1. The average Bonchev–Trinajstić information content (AvgIpc) is 3.41. The largest absolute Gasteiger partial charge is 0.0725 e. The standard InChI is InChI=1S/C36H24/c1-23-21-22-26(25-12-3-2-11-24(23)25)29-16-10-20-34-35(29)30-15-6-9-19-33(30)36(34)31-17-7-4-13-27(31)28-14-5-8-18-32(28)36/h2-22H,1H3. The summed E-state index contributed by atoms with van der Waals surface area (Å²) in [6, 6.07) is 47.4. The third-order valence-corrected chi connectivity index (χ3v) is 8.45. The highest BCUT2D eigenvalue weighted by molar-refractivity contribution is 6.06. The molecule has 0 fully saturated rings. The van der Waals surface area contributed by atoms with E-state index in [9.17, 15) is 0 Å². The van der Waals surface area contributed by atoms with Gasteiger partial charge in [-0.3, -0.25) is 0 Å². The molecule has 0 nitrogen and oxygen atoms in total. The van der Waals surface area contributed by atoms with Gasteiger partial charge in [-0.1, -0.05) is 127 Å². The van der Waals surface area contributed by atoms with Crippen molar-refractivity contribution in [1.82, 2.24) is 0 Å². The van der Waals surface area contributed by atoms with Crippen LogP contribution in [0.3, 0.4) is 0 Å². The van der Waals surface area contributed by atoms with Crippen molar-refractivity contribution >= 4 is 10.8 Å². The van der Waals surface area contributed by atoms with E-state index in [4.69, 9.17) is 0 Å². The van der Waals surface area contributed by atoms with Crippen LogP contribution in [-0.4, -0.2) is 0 Å². The van der Waals surface area contributed by atoms with Gasteiger partial charge in [-0.2, -0.15) is 0 Å². The second-order valence-corrected chi connectivity index (χ2v) is 10.1. The zero-order valence-corrected chi connectivity index (χ0v) is 20.1. The summed E-state index contributed by atoms with van der Waals surface area (Å²) in [4.78, 5) is 0. The second kappa shape index (κ2) is 7.06. The van der Waals surface area contributed by atoms with Crippen LogP contribution in [0.4, 0.5) is 0 Å². The molecule has 8 rings (SSSR count). The molecule has 0 atom stereocenters. The molecule has 0 heterocycles. The van der Waals surface area contributed by atoms with Crippen LogP contribution in [0.25, 0.3) is 44.2 Å². The predicted octanol–water partition coefficient (Wildman–Crippen LogP) is 9.16. The van der Waals surface area contributed by atoms with E-state index in [-0.39, 0.29) is 5.41 Å². The first-order valence-electron chi connectivity index (χ1n) is 12.7. The van der Waals surface area contributed by atoms with Gasteiger partial charge in [0.15, 0.2) is 0 Å². The molecule has 6 aromatic carbocycles. The Bertz CT molecular complexity index is 1810. The molecule has 2 aliphatic rings. The Hall–Kier alpha value is -4.42. The number of hydrogen-bond donors (Lipinski definition) is 0. The average molecular weight is 457 g/mol. The van der Waals surface area contributed by atoms with Crippen LogP contribution in [0.5, 0.6) is 0 Å². The second-order valence-electron chi connectivity index (χ2n) is 10.1. The van der Waals surface area contributed by atoms with Gasteiger partial charge in [0.05, 0.1) is 5.41 Å². The Morgan fingerprint density at radius 1 is 0.361 bits per heavy atom. The zero-order chi connectivity index (χ0) is 23.9. The minimum atomic E-state index is -0.296. The fourth-order valence-corrected chi connectivity index (χ4v) is 7.05. The molecule has 0 N–H and O–H groups in total. The van der Waals surface area contributed by atoms with Gasteiger partial charge in [0, 0.05) is 0 Å². The van der Waals surface area contributed by atoms with E-state index < -0.39 is 0 Å². The van der Waals surface area contributed by atoms with Crippen LogP contribution in [-0.2, 0) is 5.41 Å². The quantitative estimate of drug-likeness (QED) is 0.231. The smallest absolute Gasteiger partial charge is 0.0619 e. The number of aryl methyl sites for hydroxylation is 1. The van der Waals surface area contributed by atoms with Crippen molar-refractivity contribution in [3.8, 4) is 33.4 Å². The molecule has 0 amide bonds. The molecule has 0 aromatic heterocycles. The summed E-state index contributed by atoms with van der Waals surface area (Å²) in [7, 11) is 0. The first kappa shape index (κ1) is 19.8. The van der Waals surface area contributed by atoms with Crippen LogP contribution in [0.15, 0.2) is 127 Å². The van der Waals surface area contributed by atoms with Crippen molar-refractivity contribution in [2.75, 3.05) is 0 Å². The maximum atomic E-state index is 2.37. The Balaban J connectivity index is 1.55. The van der Waals surface area contributed by atoms with Gasteiger partial charge in [0.25, 0.3) is 0 Å². The van der Waals surface area contributed by atoms with Crippen LogP contribution in [0.1, 0.15) is 27.8 Å². The molecule has 0 aliphatic heterocycles. The van der Waals surface area contributed by atoms with E-state index in [2.05, 4.69) is 134 Å². The Morgan fingerprint density at radius 2 is 0.861 bits per heavy atom. The summed E-state index contributed by atoms with van der Waals surface area (Å²) in [5.74, 6) is 0. The van der Waals surface area contributed by atoms with Crippen LogP contribution < -0.4 is 0 Å². The van der Waals surface area contributed by atoms with E-state index in [1.54, 1.807) is 0 Å². The number of hydrogen-bond acceptors (Lipinski definition) is 0. The lowest BCUT2D eigenvalue weighted by Crippen LogP contribution is -2.25.